The van der Waals surface area contributed by atoms with Gasteiger partial charge in [0, 0.05) is 10.9 Å². The highest BCUT2D eigenvalue weighted by Gasteiger charge is 2.31. The molecule has 1 atom stereocenters. The third-order valence-corrected chi connectivity index (χ3v) is 4.52. The first-order valence-electron chi connectivity index (χ1n) is 7.07. The number of ether oxygens (including phenoxy) is 1. The summed E-state index contributed by atoms with van der Waals surface area (Å²) in [6.07, 6.45) is 4.41. The standard InChI is InChI=1S/C14H17N3O3S/c1-2-19-13(18)10-4-3-5-11-12(10)17-14(21-11)15-8-9-6-7-16-20-9/h6-7,10H,2-5,8H2,1H3,(H,15,17). The summed E-state index contributed by atoms with van der Waals surface area (Å²) in [4.78, 5) is 17.8. The van der Waals surface area contributed by atoms with Crippen molar-refractivity contribution in [1.82, 2.24) is 10.1 Å². The first-order valence-corrected chi connectivity index (χ1v) is 7.89. The number of carbonyl (C=O) groups excluding carboxylic acids is 1. The van der Waals surface area contributed by atoms with E-state index >= 15 is 0 Å². The van der Waals surface area contributed by atoms with Crippen LogP contribution in [-0.2, 0) is 22.5 Å². The highest BCUT2D eigenvalue weighted by atomic mass is 32.1. The summed E-state index contributed by atoms with van der Waals surface area (Å²) in [5, 5.41) is 7.69. The van der Waals surface area contributed by atoms with E-state index in [2.05, 4.69) is 15.5 Å². The Morgan fingerprint density at radius 1 is 1.62 bits per heavy atom. The minimum Gasteiger partial charge on any atom is -0.465 e. The van der Waals surface area contributed by atoms with E-state index in [-0.39, 0.29) is 11.9 Å². The van der Waals surface area contributed by atoms with Crippen LogP contribution >= 0.6 is 11.3 Å². The number of aromatic nitrogens is 2. The van der Waals surface area contributed by atoms with Crippen molar-refractivity contribution in [3.63, 3.8) is 0 Å². The number of esters is 1. The number of hydrogen-bond donors (Lipinski definition) is 1. The number of rotatable bonds is 5. The average Bonchev–Trinajstić information content (AvgIpc) is 3.13. The van der Waals surface area contributed by atoms with Gasteiger partial charge in [0.15, 0.2) is 10.9 Å². The lowest BCUT2D eigenvalue weighted by atomic mass is 9.91. The molecule has 6 nitrogen and oxygen atoms in total. The lowest BCUT2D eigenvalue weighted by Gasteiger charge is -2.19. The van der Waals surface area contributed by atoms with E-state index in [1.165, 1.54) is 4.88 Å². The van der Waals surface area contributed by atoms with Crippen LogP contribution in [0.1, 0.15) is 42.0 Å². The predicted molar refractivity (Wildman–Crippen MR) is 78.3 cm³/mol. The number of hydrogen-bond acceptors (Lipinski definition) is 7. The molecule has 7 heteroatoms. The summed E-state index contributed by atoms with van der Waals surface area (Å²) in [7, 11) is 0. The van der Waals surface area contributed by atoms with Crippen LogP contribution < -0.4 is 5.32 Å². The molecule has 2 heterocycles. The van der Waals surface area contributed by atoms with E-state index in [1.807, 2.05) is 13.0 Å². The van der Waals surface area contributed by atoms with E-state index in [0.717, 1.165) is 35.8 Å². The molecule has 0 radical (unpaired) electrons. The molecule has 0 aliphatic heterocycles. The lowest BCUT2D eigenvalue weighted by molar-refractivity contribution is -0.145. The fourth-order valence-corrected chi connectivity index (χ4v) is 3.52. The minimum atomic E-state index is -0.217. The van der Waals surface area contributed by atoms with Crippen molar-refractivity contribution in [2.24, 2.45) is 0 Å². The zero-order valence-corrected chi connectivity index (χ0v) is 12.6. The molecule has 1 aliphatic carbocycles. The van der Waals surface area contributed by atoms with Crippen LogP contribution in [0.25, 0.3) is 0 Å². The van der Waals surface area contributed by atoms with Crippen molar-refractivity contribution in [3.8, 4) is 0 Å². The number of nitrogens with zero attached hydrogens (tertiary/aromatic N) is 2. The van der Waals surface area contributed by atoms with Crippen LogP contribution in [-0.4, -0.2) is 22.7 Å². The molecular formula is C14H17N3O3S. The monoisotopic (exact) mass is 307 g/mol. The lowest BCUT2D eigenvalue weighted by Crippen LogP contribution is -2.20. The van der Waals surface area contributed by atoms with Gasteiger partial charge < -0.3 is 14.6 Å². The fourth-order valence-electron chi connectivity index (χ4n) is 2.46. The quantitative estimate of drug-likeness (QED) is 0.856. The zero-order valence-electron chi connectivity index (χ0n) is 11.8. The number of aryl methyl sites for hydroxylation is 1. The Morgan fingerprint density at radius 2 is 2.52 bits per heavy atom. The fraction of sp³-hybridized carbons (Fsp3) is 0.500. The van der Waals surface area contributed by atoms with Gasteiger partial charge in [-0.25, -0.2) is 4.98 Å². The Hall–Kier alpha value is -1.89. The number of nitrogens with one attached hydrogen (secondary N) is 1. The second-order valence-electron chi connectivity index (χ2n) is 4.86. The van der Waals surface area contributed by atoms with Gasteiger partial charge in [0.05, 0.1) is 25.0 Å². The Morgan fingerprint density at radius 3 is 3.29 bits per heavy atom. The summed E-state index contributed by atoms with van der Waals surface area (Å²) in [6.45, 7) is 2.77. The van der Waals surface area contributed by atoms with Crippen molar-refractivity contribution in [2.75, 3.05) is 11.9 Å². The molecule has 21 heavy (non-hydrogen) atoms. The topological polar surface area (TPSA) is 77.2 Å². The Balaban J connectivity index is 1.73. The molecule has 0 saturated heterocycles. The van der Waals surface area contributed by atoms with E-state index < -0.39 is 0 Å². The molecule has 1 unspecified atom stereocenters. The van der Waals surface area contributed by atoms with Crippen molar-refractivity contribution in [1.29, 1.82) is 0 Å². The normalized spacial score (nSPS) is 17.3. The molecule has 0 amide bonds. The molecule has 112 valence electrons. The maximum absolute atomic E-state index is 12.0. The summed E-state index contributed by atoms with van der Waals surface area (Å²) < 4.78 is 10.2. The van der Waals surface area contributed by atoms with Gasteiger partial charge in [-0.3, -0.25) is 4.79 Å². The molecule has 1 N–H and O–H groups in total. The molecule has 0 fully saturated rings. The summed E-state index contributed by atoms with van der Waals surface area (Å²) in [5.74, 6) is 0.376. The Bertz CT molecular complexity index is 609. The third-order valence-electron chi connectivity index (χ3n) is 3.43. The van der Waals surface area contributed by atoms with Gasteiger partial charge in [0.25, 0.3) is 0 Å². The molecule has 2 aromatic rings. The van der Waals surface area contributed by atoms with E-state index in [1.54, 1.807) is 17.5 Å². The van der Waals surface area contributed by atoms with Crippen LogP contribution in [0.4, 0.5) is 5.13 Å². The molecule has 3 rings (SSSR count). The first-order chi connectivity index (χ1) is 10.3. The number of fused-ring (bicyclic) bond motifs is 1. The second-order valence-corrected chi connectivity index (χ2v) is 5.94. The van der Waals surface area contributed by atoms with Crippen LogP contribution in [0.2, 0.25) is 0 Å². The second kappa shape index (κ2) is 6.26. The van der Waals surface area contributed by atoms with Gasteiger partial charge in [-0.05, 0) is 26.2 Å². The SMILES string of the molecule is CCOC(=O)C1CCCc2sc(NCc3ccno3)nc21. The average molecular weight is 307 g/mol. The van der Waals surface area contributed by atoms with Crippen LogP contribution in [0.5, 0.6) is 0 Å². The van der Waals surface area contributed by atoms with Crippen LogP contribution in [0.15, 0.2) is 16.8 Å². The molecule has 1 aliphatic rings. The van der Waals surface area contributed by atoms with Gasteiger partial charge >= 0.3 is 5.97 Å². The Kier molecular flexibility index (Phi) is 4.19. The van der Waals surface area contributed by atoms with E-state index in [0.29, 0.717) is 13.2 Å². The van der Waals surface area contributed by atoms with Gasteiger partial charge in [-0.1, -0.05) is 5.16 Å². The molecule has 0 saturated carbocycles. The molecule has 0 bridgehead atoms. The molecule has 0 aromatic carbocycles. The molecule has 0 spiro atoms. The van der Waals surface area contributed by atoms with Gasteiger partial charge in [0.1, 0.15) is 5.92 Å². The third kappa shape index (κ3) is 3.07. The maximum Gasteiger partial charge on any atom is 0.315 e. The van der Waals surface area contributed by atoms with Gasteiger partial charge in [-0.2, -0.15) is 0 Å². The zero-order chi connectivity index (χ0) is 14.7. The highest BCUT2D eigenvalue weighted by molar-refractivity contribution is 7.15. The Labute approximate surface area is 126 Å². The maximum atomic E-state index is 12.0. The van der Waals surface area contributed by atoms with Crippen molar-refractivity contribution < 1.29 is 14.1 Å². The van der Waals surface area contributed by atoms with Crippen LogP contribution in [0, 0.1) is 0 Å². The van der Waals surface area contributed by atoms with Crippen molar-refractivity contribution in [2.45, 2.75) is 38.6 Å². The number of carbonyl (C=O) groups is 1. The highest BCUT2D eigenvalue weighted by Crippen LogP contribution is 2.37. The smallest absolute Gasteiger partial charge is 0.315 e. The van der Waals surface area contributed by atoms with Crippen LogP contribution in [0.3, 0.4) is 0 Å². The van der Waals surface area contributed by atoms with E-state index in [4.69, 9.17) is 9.26 Å². The molecule has 2 aromatic heterocycles. The largest absolute Gasteiger partial charge is 0.465 e. The summed E-state index contributed by atoms with van der Waals surface area (Å²) in [6, 6.07) is 1.81. The van der Waals surface area contributed by atoms with Crippen molar-refractivity contribution in [3.05, 3.63) is 28.6 Å². The molecular weight excluding hydrogens is 290 g/mol. The van der Waals surface area contributed by atoms with Gasteiger partial charge in [-0.15, -0.1) is 11.3 Å². The number of anilines is 1. The minimum absolute atomic E-state index is 0.162. The number of thiazole rings is 1. The van der Waals surface area contributed by atoms with E-state index in [9.17, 15) is 4.79 Å². The summed E-state index contributed by atoms with van der Waals surface area (Å²) >= 11 is 1.60. The summed E-state index contributed by atoms with van der Waals surface area (Å²) in [5.41, 5.74) is 0.879. The predicted octanol–water partition coefficient (Wildman–Crippen LogP) is 2.73. The van der Waals surface area contributed by atoms with Crippen molar-refractivity contribution >= 4 is 22.4 Å². The first kappa shape index (κ1) is 14.1. The van der Waals surface area contributed by atoms with Gasteiger partial charge in [0.2, 0.25) is 0 Å².